The topological polar surface area (TPSA) is 54.1 Å². The number of carbonyl (C=O) groups is 1. The van der Waals surface area contributed by atoms with Crippen molar-refractivity contribution >= 4 is 28.6 Å². The molecule has 0 radical (unpaired) electrons. The molecule has 19 heavy (non-hydrogen) atoms. The smallest absolute Gasteiger partial charge is 0.245 e. The number of nitrogens with one attached hydrogen (secondary N) is 2. The van der Waals surface area contributed by atoms with E-state index in [9.17, 15) is 4.79 Å². The maximum absolute atomic E-state index is 11.3. The SMILES string of the molecule is COCC(=O)NCCc1c[nH]c2ccc(SC)cc12. The van der Waals surface area contributed by atoms with Gasteiger partial charge < -0.3 is 15.0 Å². The van der Waals surface area contributed by atoms with E-state index in [4.69, 9.17) is 4.74 Å². The molecule has 0 saturated carbocycles. The molecule has 1 aromatic carbocycles. The van der Waals surface area contributed by atoms with Crippen LogP contribution in [0.15, 0.2) is 29.3 Å². The normalized spacial score (nSPS) is 10.8. The summed E-state index contributed by atoms with van der Waals surface area (Å²) in [5, 5.41) is 4.06. The molecule has 0 aliphatic heterocycles. The van der Waals surface area contributed by atoms with Gasteiger partial charge in [-0.3, -0.25) is 4.79 Å². The van der Waals surface area contributed by atoms with Gasteiger partial charge in [-0.15, -0.1) is 11.8 Å². The molecule has 1 amide bonds. The molecule has 0 unspecified atom stereocenters. The van der Waals surface area contributed by atoms with Crippen molar-refractivity contribution in [1.82, 2.24) is 10.3 Å². The summed E-state index contributed by atoms with van der Waals surface area (Å²) in [7, 11) is 1.52. The molecule has 0 atom stereocenters. The first-order valence-corrected chi connectivity index (χ1v) is 7.36. The third-order valence-electron chi connectivity index (χ3n) is 2.97. The molecule has 0 aliphatic carbocycles. The van der Waals surface area contributed by atoms with E-state index in [-0.39, 0.29) is 12.5 Å². The van der Waals surface area contributed by atoms with Crippen LogP contribution >= 0.6 is 11.8 Å². The van der Waals surface area contributed by atoms with Gasteiger partial charge in [-0.05, 0) is 36.4 Å². The molecule has 2 aromatic rings. The average Bonchev–Trinajstić information content (AvgIpc) is 2.81. The Morgan fingerprint density at radius 1 is 1.47 bits per heavy atom. The van der Waals surface area contributed by atoms with Gasteiger partial charge in [0.05, 0.1) is 0 Å². The van der Waals surface area contributed by atoms with Crippen LogP contribution in [0.1, 0.15) is 5.56 Å². The second-order valence-corrected chi connectivity index (χ2v) is 5.14. The van der Waals surface area contributed by atoms with Gasteiger partial charge in [0, 0.05) is 35.6 Å². The lowest BCUT2D eigenvalue weighted by molar-refractivity contribution is -0.124. The van der Waals surface area contributed by atoms with Crippen LogP contribution in [0.2, 0.25) is 0 Å². The Balaban J connectivity index is 2.02. The minimum atomic E-state index is -0.0767. The summed E-state index contributed by atoms with van der Waals surface area (Å²) >= 11 is 1.73. The molecule has 102 valence electrons. The van der Waals surface area contributed by atoms with Crippen molar-refractivity contribution in [2.75, 3.05) is 26.5 Å². The van der Waals surface area contributed by atoms with Crippen molar-refractivity contribution in [1.29, 1.82) is 0 Å². The van der Waals surface area contributed by atoms with E-state index < -0.39 is 0 Å². The second-order valence-electron chi connectivity index (χ2n) is 4.26. The van der Waals surface area contributed by atoms with E-state index in [1.54, 1.807) is 11.8 Å². The lowest BCUT2D eigenvalue weighted by Gasteiger charge is -2.04. The number of carbonyl (C=O) groups excluding carboxylic acids is 1. The molecule has 0 fully saturated rings. The van der Waals surface area contributed by atoms with Gasteiger partial charge in [-0.25, -0.2) is 0 Å². The Morgan fingerprint density at radius 2 is 2.32 bits per heavy atom. The summed E-state index contributed by atoms with van der Waals surface area (Å²) < 4.78 is 4.77. The van der Waals surface area contributed by atoms with Gasteiger partial charge in [0.25, 0.3) is 0 Å². The fourth-order valence-electron chi connectivity index (χ4n) is 2.01. The number of amides is 1. The maximum Gasteiger partial charge on any atom is 0.245 e. The number of hydrogen-bond donors (Lipinski definition) is 2. The molecule has 2 rings (SSSR count). The minimum absolute atomic E-state index is 0.0767. The maximum atomic E-state index is 11.3. The number of rotatable bonds is 6. The number of H-pyrrole nitrogens is 1. The number of fused-ring (bicyclic) bond motifs is 1. The predicted octanol–water partition coefficient (Wildman–Crippen LogP) is 2.19. The number of benzene rings is 1. The molecule has 2 N–H and O–H groups in total. The van der Waals surface area contributed by atoms with Crippen LogP contribution in [-0.2, 0) is 16.0 Å². The van der Waals surface area contributed by atoms with Crippen LogP contribution in [0.5, 0.6) is 0 Å². The second kappa shape index (κ2) is 6.63. The average molecular weight is 278 g/mol. The number of aromatic amines is 1. The Hall–Kier alpha value is -1.46. The number of ether oxygens (including phenoxy) is 1. The van der Waals surface area contributed by atoms with Crippen LogP contribution in [0.3, 0.4) is 0 Å². The van der Waals surface area contributed by atoms with Crippen molar-refractivity contribution < 1.29 is 9.53 Å². The molecule has 0 spiro atoms. The third-order valence-corrected chi connectivity index (χ3v) is 3.69. The number of thioether (sulfide) groups is 1. The van der Waals surface area contributed by atoms with Crippen molar-refractivity contribution in [3.63, 3.8) is 0 Å². The Labute approximate surface area is 116 Å². The molecule has 0 bridgehead atoms. The van der Waals surface area contributed by atoms with E-state index in [0.717, 1.165) is 11.9 Å². The highest BCUT2D eigenvalue weighted by Gasteiger charge is 2.05. The third kappa shape index (κ3) is 3.52. The molecule has 1 heterocycles. The van der Waals surface area contributed by atoms with Crippen molar-refractivity contribution in [2.24, 2.45) is 0 Å². The highest BCUT2D eigenvalue weighted by molar-refractivity contribution is 7.98. The summed E-state index contributed by atoms with van der Waals surface area (Å²) in [6.07, 6.45) is 4.89. The summed E-state index contributed by atoms with van der Waals surface area (Å²) in [6.45, 7) is 0.739. The van der Waals surface area contributed by atoms with E-state index >= 15 is 0 Å². The number of methoxy groups -OCH3 is 1. The first kappa shape index (κ1) is 14.0. The van der Waals surface area contributed by atoms with Gasteiger partial charge in [-0.1, -0.05) is 0 Å². The molecule has 0 saturated heterocycles. The Kier molecular flexibility index (Phi) is 4.87. The fourth-order valence-corrected chi connectivity index (χ4v) is 2.45. The first-order chi connectivity index (χ1) is 9.24. The lowest BCUT2D eigenvalue weighted by atomic mass is 10.1. The van der Waals surface area contributed by atoms with Crippen molar-refractivity contribution in [3.8, 4) is 0 Å². The molecule has 5 heteroatoms. The van der Waals surface area contributed by atoms with Crippen LogP contribution in [0, 0.1) is 0 Å². The van der Waals surface area contributed by atoms with Gasteiger partial charge in [0.1, 0.15) is 6.61 Å². The zero-order valence-corrected chi connectivity index (χ0v) is 12.0. The van der Waals surface area contributed by atoms with Gasteiger partial charge in [-0.2, -0.15) is 0 Å². The standard InChI is InChI=1S/C14H18N2O2S/c1-18-9-14(17)15-6-5-10-8-16-13-4-3-11(19-2)7-12(10)13/h3-4,7-8,16H,5-6,9H2,1-2H3,(H,15,17). The molecular formula is C14H18N2O2S. The van der Waals surface area contributed by atoms with Gasteiger partial charge in [0.2, 0.25) is 5.91 Å². The van der Waals surface area contributed by atoms with Crippen LogP contribution < -0.4 is 5.32 Å². The lowest BCUT2D eigenvalue weighted by Crippen LogP contribution is -2.28. The zero-order chi connectivity index (χ0) is 13.7. The zero-order valence-electron chi connectivity index (χ0n) is 11.2. The van der Waals surface area contributed by atoms with Crippen molar-refractivity contribution in [2.45, 2.75) is 11.3 Å². The quantitative estimate of drug-likeness (QED) is 0.796. The highest BCUT2D eigenvalue weighted by atomic mass is 32.2. The first-order valence-electron chi connectivity index (χ1n) is 6.14. The molecule has 1 aromatic heterocycles. The van der Waals surface area contributed by atoms with Crippen molar-refractivity contribution in [3.05, 3.63) is 30.0 Å². The van der Waals surface area contributed by atoms with Gasteiger partial charge >= 0.3 is 0 Å². The monoisotopic (exact) mass is 278 g/mol. The minimum Gasteiger partial charge on any atom is -0.375 e. The van der Waals surface area contributed by atoms with E-state index in [1.807, 2.05) is 6.20 Å². The van der Waals surface area contributed by atoms with E-state index in [0.29, 0.717) is 6.54 Å². The Bertz CT molecular complexity index is 566. The molecule has 0 aliphatic rings. The van der Waals surface area contributed by atoms with Crippen LogP contribution in [-0.4, -0.2) is 37.4 Å². The predicted molar refractivity (Wildman–Crippen MR) is 78.7 cm³/mol. The van der Waals surface area contributed by atoms with Crippen LogP contribution in [0.25, 0.3) is 10.9 Å². The van der Waals surface area contributed by atoms with Gasteiger partial charge in [0.15, 0.2) is 0 Å². The Morgan fingerprint density at radius 3 is 3.05 bits per heavy atom. The van der Waals surface area contributed by atoms with E-state index in [2.05, 4.69) is 34.8 Å². The summed E-state index contributed by atoms with van der Waals surface area (Å²) in [5.41, 5.74) is 2.36. The highest BCUT2D eigenvalue weighted by Crippen LogP contribution is 2.24. The summed E-state index contributed by atoms with van der Waals surface area (Å²) in [6, 6.07) is 6.38. The number of aromatic nitrogens is 1. The summed E-state index contributed by atoms with van der Waals surface area (Å²) in [5.74, 6) is -0.0767. The van der Waals surface area contributed by atoms with E-state index in [1.165, 1.54) is 23.0 Å². The fraction of sp³-hybridized carbons (Fsp3) is 0.357. The number of hydrogen-bond acceptors (Lipinski definition) is 3. The summed E-state index contributed by atoms with van der Waals surface area (Å²) in [4.78, 5) is 15.8. The molecule has 4 nitrogen and oxygen atoms in total. The largest absolute Gasteiger partial charge is 0.375 e. The van der Waals surface area contributed by atoms with Crippen LogP contribution in [0.4, 0.5) is 0 Å². The molecular weight excluding hydrogens is 260 g/mol.